The van der Waals surface area contributed by atoms with Gasteiger partial charge in [-0.25, -0.2) is 0 Å². The zero-order valence-electron chi connectivity index (χ0n) is 18.1. The minimum absolute atomic E-state index is 0.299. The maximum Gasteiger partial charge on any atom is 0.0926 e. The smallest absolute Gasteiger partial charge is 0.0926 e. The van der Waals surface area contributed by atoms with Crippen molar-refractivity contribution in [2.45, 2.75) is 33.6 Å². The lowest BCUT2D eigenvalue weighted by molar-refractivity contribution is 0.646. The maximum absolute atomic E-state index is 5.02. The highest BCUT2D eigenvalue weighted by molar-refractivity contribution is 6.00. The summed E-state index contributed by atoms with van der Waals surface area (Å²) in [6.07, 6.45) is 4.18. The minimum Gasteiger partial charge on any atom is -0.255 e. The lowest BCUT2D eigenvalue weighted by atomic mass is 9.76. The standard InChI is InChI=1S/C28H28N2/c1-19-15-18-25-26(24-13-9-6-10-14-24)21(3)22(4)30-28(25)27(19)29-20(2)16-17-23-11-7-5-8-12-23/h5-18,21,26H,1-4H3/b17-16+,29-20?. The van der Waals surface area contributed by atoms with Crippen molar-refractivity contribution < 1.29 is 0 Å². The second-order valence-electron chi connectivity index (χ2n) is 8.10. The summed E-state index contributed by atoms with van der Waals surface area (Å²) in [6, 6.07) is 25.5. The van der Waals surface area contributed by atoms with E-state index in [0.717, 1.165) is 28.4 Å². The lowest BCUT2D eigenvalue weighted by Gasteiger charge is -2.31. The summed E-state index contributed by atoms with van der Waals surface area (Å²) in [4.78, 5) is 10.0. The number of fused-ring (bicyclic) bond motifs is 1. The molecule has 150 valence electrons. The van der Waals surface area contributed by atoms with E-state index in [4.69, 9.17) is 9.98 Å². The first kappa shape index (κ1) is 20.0. The van der Waals surface area contributed by atoms with Crippen molar-refractivity contribution >= 4 is 28.9 Å². The fourth-order valence-corrected chi connectivity index (χ4v) is 4.12. The Morgan fingerprint density at radius 3 is 2.27 bits per heavy atom. The highest BCUT2D eigenvalue weighted by atomic mass is 14.9. The monoisotopic (exact) mass is 392 g/mol. The molecule has 1 aliphatic heterocycles. The molecule has 0 aromatic heterocycles. The van der Waals surface area contributed by atoms with Crippen LogP contribution in [0.1, 0.15) is 48.9 Å². The molecule has 1 heterocycles. The van der Waals surface area contributed by atoms with Crippen LogP contribution in [0.3, 0.4) is 0 Å². The van der Waals surface area contributed by atoms with Gasteiger partial charge in [-0.2, -0.15) is 0 Å². The number of benzene rings is 3. The molecule has 3 aromatic carbocycles. The van der Waals surface area contributed by atoms with Gasteiger partial charge in [-0.05, 0) is 49.1 Å². The zero-order valence-corrected chi connectivity index (χ0v) is 18.1. The van der Waals surface area contributed by atoms with Crippen molar-refractivity contribution in [1.82, 2.24) is 0 Å². The molecular weight excluding hydrogens is 364 g/mol. The molecule has 0 aliphatic carbocycles. The molecule has 0 radical (unpaired) electrons. The number of aliphatic imine (C=N–C) groups is 2. The normalized spacial score (nSPS) is 18.9. The van der Waals surface area contributed by atoms with Crippen molar-refractivity contribution in [1.29, 1.82) is 0 Å². The zero-order chi connectivity index (χ0) is 21.1. The highest BCUT2D eigenvalue weighted by Gasteiger charge is 2.31. The van der Waals surface area contributed by atoms with Crippen LogP contribution in [0.2, 0.25) is 0 Å². The van der Waals surface area contributed by atoms with Gasteiger partial charge in [0.15, 0.2) is 0 Å². The van der Waals surface area contributed by atoms with E-state index in [2.05, 4.69) is 94.4 Å². The van der Waals surface area contributed by atoms with E-state index in [1.54, 1.807) is 0 Å². The SMILES string of the molecule is CC(/C=C/c1ccccc1)=Nc1c(C)ccc2c1N=C(C)C(C)C2c1ccccc1. The molecule has 0 amide bonds. The van der Waals surface area contributed by atoms with Crippen LogP contribution in [0.15, 0.2) is 88.9 Å². The molecule has 2 heteroatoms. The molecule has 0 spiro atoms. The van der Waals surface area contributed by atoms with Crippen molar-refractivity contribution in [3.05, 3.63) is 101 Å². The Balaban J connectivity index is 1.78. The Kier molecular flexibility index (Phi) is 5.76. The van der Waals surface area contributed by atoms with E-state index in [9.17, 15) is 0 Å². The van der Waals surface area contributed by atoms with Crippen LogP contribution < -0.4 is 0 Å². The minimum atomic E-state index is 0.299. The summed E-state index contributed by atoms with van der Waals surface area (Å²) >= 11 is 0. The molecule has 2 unspecified atom stereocenters. The molecule has 0 saturated carbocycles. The Hall–Kier alpha value is -3.26. The average molecular weight is 393 g/mol. The number of hydrogen-bond acceptors (Lipinski definition) is 2. The lowest BCUT2D eigenvalue weighted by Crippen LogP contribution is -2.22. The summed E-state index contributed by atoms with van der Waals surface area (Å²) < 4.78 is 0. The topological polar surface area (TPSA) is 24.7 Å². The van der Waals surface area contributed by atoms with Gasteiger partial charge in [-0.15, -0.1) is 0 Å². The molecule has 0 saturated heterocycles. The fourth-order valence-electron chi connectivity index (χ4n) is 4.12. The second kappa shape index (κ2) is 8.62. The van der Waals surface area contributed by atoms with E-state index in [-0.39, 0.29) is 0 Å². The van der Waals surface area contributed by atoms with Crippen molar-refractivity contribution in [3.8, 4) is 0 Å². The number of hydrogen-bond donors (Lipinski definition) is 0. The molecule has 4 rings (SSSR count). The van der Waals surface area contributed by atoms with Gasteiger partial charge in [0.2, 0.25) is 0 Å². The summed E-state index contributed by atoms with van der Waals surface area (Å²) in [5, 5.41) is 0. The van der Waals surface area contributed by atoms with E-state index in [0.29, 0.717) is 11.8 Å². The first-order valence-electron chi connectivity index (χ1n) is 10.6. The highest BCUT2D eigenvalue weighted by Crippen LogP contribution is 2.47. The largest absolute Gasteiger partial charge is 0.255 e. The van der Waals surface area contributed by atoms with Crippen LogP contribution in [-0.2, 0) is 0 Å². The Labute approximate surface area is 179 Å². The average Bonchev–Trinajstić information content (AvgIpc) is 2.77. The summed E-state index contributed by atoms with van der Waals surface area (Å²) in [5.41, 5.74) is 9.06. The van der Waals surface area contributed by atoms with E-state index in [1.165, 1.54) is 16.7 Å². The van der Waals surface area contributed by atoms with E-state index >= 15 is 0 Å². The maximum atomic E-state index is 5.02. The van der Waals surface area contributed by atoms with Crippen LogP contribution in [0, 0.1) is 12.8 Å². The molecule has 2 atom stereocenters. The number of allylic oxidation sites excluding steroid dienone is 1. The van der Waals surface area contributed by atoms with Crippen molar-refractivity contribution in [2.24, 2.45) is 15.9 Å². The fraction of sp³-hybridized carbons (Fsp3) is 0.214. The van der Waals surface area contributed by atoms with Gasteiger partial charge in [-0.1, -0.05) is 85.8 Å². The molecule has 0 fully saturated rings. The van der Waals surface area contributed by atoms with Crippen LogP contribution in [0.5, 0.6) is 0 Å². The van der Waals surface area contributed by atoms with E-state index < -0.39 is 0 Å². The molecule has 0 N–H and O–H groups in total. The van der Waals surface area contributed by atoms with Crippen LogP contribution in [0.25, 0.3) is 6.08 Å². The first-order valence-corrected chi connectivity index (χ1v) is 10.6. The first-order chi connectivity index (χ1) is 14.5. The number of aryl methyl sites for hydroxylation is 1. The summed E-state index contributed by atoms with van der Waals surface area (Å²) in [6.45, 7) is 8.58. The number of rotatable bonds is 4. The predicted octanol–water partition coefficient (Wildman–Crippen LogP) is 7.67. The quantitative estimate of drug-likeness (QED) is 0.407. The Morgan fingerprint density at radius 2 is 1.57 bits per heavy atom. The molecule has 3 aromatic rings. The summed E-state index contributed by atoms with van der Waals surface area (Å²) in [5.74, 6) is 0.659. The molecule has 2 nitrogen and oxygen atoms in total. The van der Waals surface area contributed by atoms with Gasteiger partial charge in [-0.3, -0.25) is 9.98 Å². The number of nitrogens with zero attached hydrogens (tertiary/aromatic N) is 2. The van der Waals surface area contributed by atoms with Gasteiger partial charge < -0.3 is 0 Å². The summed E-state index contributed by atoms with van der Waals surface area (Å²) in [7, 11) is 0. The van der Waals surface area contributed by atoms with Crippen molar-refractivity contribution in [3.63, 3.8) is 0 Å². The van der Waals surface area contributed by atoms with E-state index in [1.807, 2.05) is 18.2 Å². The molecule has 30 heavy (non-hydrogen) atoms. The van der Waals surface area contributed by atoms with Crippen molar-refractivity contribution in [2.75, 3.05) is 0 Å². The Bertz CT molecular complexity index is 1120. The third kappa shape index (κ3) is 4.04. The van der Waals surface area contributed by atoms with Gasteiger partial charge in [0, 0.05) is 23.3 Å². The third-order valence-corrected chi connectivity index (χ3v) is 5.93. The van der Waals surface area contributed by atoms with Crippen LogP contribution in [0.4, 0.5) is 11.4 Å². The van der Waals surface area contributed by atoms with Gasteiger partial charge in [0.1, 0.15) is 0 Å². The second-order valence-corrected chi connectivity index (χ2v) is 8.10. The van der Waals surface area contributed by atoms with Gasteiger partial charge in [0.05, 0.1) is 11.4 Å². The Morgan fingerprint density at radius 1 is 0.900 bits per heavy atom. The van der Waals surface area contributed by atoms with Gasteiger partial charge >= 0.3 is 0 Å². The van der Waals surface area contributed by atoms with Gasteiger partial charge in [0.25, 0.3) is 0 Å². The molecule has 0 bridgehead atoms. The predicted molar refractivity (Wildman–Crippen MR) is 130 cm³/mol. The van der Waals surface area contributed by atoms with Crippen LogP contribution >= 0.6 is 0 Å². The molecule has 1 aliphatic rings. The third-order valence-electron chi connectivity index (χ3n) is 5.93. The van der Waals surface area contributed by atoms with Crippen LogP contribution in [-0.4, -0.2) is 11.4 Å². The molecular formula is C28H28N2.